The summed E-state index contributed by atoms with van der Waals surface area (Å²) in [7, 11) is 1.45. The minimum absolute atomic E-state index is 0.448. The first-order chi connectivity index (χ1) is 7.22. The van der Waals surface area contributed by atoms with E-state index in [9.17, 15) is 4.79 Å². The Morgan fingerprint density at radius 2 is 2.27 bits per heavy atom. The molecule has 0 radical (unpaired) electrons. The first-order valence-electron chi connectivity index (χ1n) is 4.72. The summed E-state index contributed by atoms with van der Waals surface area (Å²) >= 11 is 0. The molecule has 0 aliphatic carbocycles. The van der Waals surface area contributed by atoms with Gasteiger partial charge in [-0.25, -0.2) is 0 Å². The molecule has 0 bridgehead atoms. The lowest BCUT2D eigenvalue weighted by atomic mass is 9.95. The molecular formula is C11H12O4. The molecule has 1 aliphatic rings. The molecule has 1 aromatic rings. The van der Waals surface area contributed by atoms with Crippen LogP contribution in [0.4, 0.5) is 0 Å². The van der Waals surface area contributed by atoms with Crippen LogP contribution in [-0.2, 0) is 16.0 Å². The zero-order valence-corrected chi connectivity index (χ0v) is 8.34. The van der Waals surface area contributed by atoms with Crippen LogP contribution in [0.5, 0.6) is 5.75 Å². The number of hydrogen-bond acceptors (Lipinski definition) is 3. The molecular weight excluding hydrogens is 196 g/mol. The monoisotopic (exact) mass is 208 g/mol. The number of fused-ring (bicyclic) bond motifs is 1. The molecule has 2 atom stereocenters. The Morgan fingerprint density at radius 1 is 1.53 bits per heavy atom. The second-order valence-corrected chi connectivity index (χ2v) is 3.48. The van der Waals surface area contributed by atoms with Gasteiger partial charge in [0.05, 0.1) is 0 Å². The lowest BCUT2D eigenvalue weighted by Gasteiger charge is -2.29. The van der Waals surface area contributed by atoms with Gasteiger partial charge in [0.25, 0.3) is 0 Å². The van der Waals surface area contributed by atoms with Crippen LogP contribution < -0.4 is 4.74 Å². The Hall–Kier alpha value is -1.55. The molecule has 0 fully saturated rings. The van der Waals surface area contributed by atoms with Gasteiger partial charge in [0, 0.05) is 7.11 Å². The number of carboxylic acid groups (broad SMARTS) is 1. The molecule has 4 heteroatoms. The Kier molecular flexibility index (Phi) is 2.60. The van der Waals surface area contributed by atoms with E-state index in [4.69, 9.17) is 14.6 Å². The lowest BCUT2D eigenvalue weighted by Crippen LogP contribution is -2.39. The highest BCUT2D eigenvalue weighted by Crippen LogP contribution is 2.30. The highest BCUT2D eigenvalue weighted by atomic mass is 16.7. The molecule has 1 unspecified atom stereocenters. The molecule has 4 nitrogen and oxygen atoms in total. The minimum Gasteiger partial charge on any atom is -0.481 e. The summed E-state index contributed by atoms with van der Waals surface area (Å²) in [5, 5.41) is 9.01. The SMILES string of the molecule is CO[C@H]1Oc2ccccc2CC1C(=O)O. The van der Waals surface area contributed by atoms with Crippen molar-refractivity contribution in [3.8, 4) is 5.75 Å². The quantitative estimate of drug-likeness (QED) is 0.795. The number of aliphatic carboxylic acids is 1. The topological polar surface area (TPSA) is 55.8 Å². The van der Waals surface area contributed by atoms with Crippen molar-refractivity contribution in [3.63, 3.8) is 0 Å². The number of carbonyl (C=O) groups is 1. The molecule has 0 amide bonds. The van der Waals surface area contributed by atoms with Crippen LogP contribution in [-0.4, -0.2) is 24.5 Å². The smallest absolute Gasteiger partial charge is 0.313 e. The fourth-order valence-corrected chi connectivity index (χ4v) is 1.74. The number of rotatable bonds is 2. The van der Waals surface area contributed by atoms with Gasteiger partial charge in [-0.3, -0.25) is 4.79 Å². The van der Waals surface area contributed by atoms with E-state index >= 15 is 0 Å². The number of methoxy groups -OCH3 is 1. The van der Waals surface area contributed by atoms with Gasteiger partial charge in [0.2, 0.25) is 6.29 Å². The maximum absolute atomic E-state index is 11.0. The molecule has 0 spiro atoms. The molecule has 80 valence electrons. The average Bonchev–Trinajstić information content (AvgIpc) is 2.27. The standard InChI is InChI=1S/C11H12O4/c1-14-11-8(10(12)13)6-7-4-2-3-5-9(7)15-11/h2-5,8,11H,6H2,1H3,(H,12,13)/t8?,11-/m0/s1. The van der Waals surface area contributed by atoms with E-state index < -0.39 is 18.2 Å². The van der Waals surface area contributed by atoms with Gasteiger partial charge in [-0.05, 0) is 18.1 Å². The Labute approximate surface area is 87.4 Å². The van der Waals surface area contributed by atoms with Crippen molar-refractivity contribution < 1.29 is 19.4 Å². The van der Waals surface area contributed by atoms with Crippen LogP contribution in [0.1, 0.15) is 5.56 Å². The zero-order chi connectivity index (χ0) is 10.8. The van der Waals surface area contributed by atoms with E-state index in [0.29, 0.717) is 12.2 Å². The fraction of sp³-hybridized carbons (Fsp3) is 0.364. The number of para-hydroxylation sites is 1. The average molecular weight is 208 g/mol. The van der Waals surface area contributed by atoms with Crippen molar-refractivity contribution in [2.75, 3.05) is 7.11 Å². The normalized spacial score (nSPS) is 24.1. The van der Waals surface area contributed by atoms with Gasteiger partial charge < -0.3 is 14.6 Å². The minimum atomic E-state index is -0.892. The molecule has 1 aliphatic heterocycles. The van der Waals surface area contributed by atoms with Crippen LogP contribution in [0.15, 0.2) is 24.3 Å². The first kappa shape index (κ1) is 9.98. The van der Waals surface area contributed by atoms with Crippen LogP contribution in [0.25, 0.3) is 0 Å². The summed E-state index contributed by atoms with van der Waals surface area (Å²) in [4.78, 5) is 11.0. The second-order valence-electron chi connectivity index (χ2n) is 3.48. The molecule has 1 aromatic carbocycles. The number of hydrogen-bond donors (Lipinski definition) is 1. The number of carboxylic acids is 1. The number of benzene rings is 1. The molecule has 0 saturated carbocycles. The third kappa shape index (κ3) is 1.80. The Morgan fingerprint density at radius 3 is 2.93 bits per heavy atom. The van der Waals surface area contributed by atoms with Gasteiger partial charge in [0.1, 0.15) is 11.7 Å². The van der Waals surface area contributed by atoms with E-state index in [-0.39, 0.29) is 0 Å². The van der Waals surface area contributed by atoms with Gasteiger partial charge in [-0.15, -0.1) is 0 Å². The van der Waals surface area contributed by atoms with Gasteiger partial charge in [0.15, 0.2) is 0 Å². The van der Waals surface area contributed by atoms with Crippen molar-refractivity contribution in [1.82, 2.24) is 0 Å². The highest BCUT2D eigenvalue weighted by molar-refractivity contribution is 5.71. The van der Waals surface area contributed by atoms with Crippen LogP contribution in [0.3, 0.4) is 0 Å². The van der Waals surface area contributed by atoms with Gasteiger partial charge >= 0.3 is 5.97 Å². The second kappa shape index (κ2) is 3.90. The van der Waals surface area contributed by atoms with Crippen molar-refractivity contribution >= 4 is 5.97 Å². The van der Waals surface area contributed by atoms with E-state index in [1.54, 1.807) is 0 Å². The van der Waals surface area contributed by atoms with Crippen molar-refractivity contribution in [2.45, 2.75) is 12.7 Å². The third-order valence-electron chi connectivity index (χ3n) is 2.53. The Balaban J connectivity index is 2.30. The van der Waals surface area contributed by atoms with E-state index in [2.05, 4.69) is 0 Å². The third-order valence-corrected chi connectivity index (χ3v) is 2.53. The van der Waals surface area contributed by atoms with E-state index in [1.807, 2.05) is 24.3 Å². The largest absolute Gasteiger partial charge is 0.481 e. The lowest BCUT2D eigenvalue weighted by molar-refractivity contribution is -0.161. The van der Waals surface area contributed by atoms with E-state index in [1.165, 1.54) is 7.11 Å². The first-order valence-corrected chi connectivity index (χ1v) is 4.72. The summed E-state index contributed by atoms with van der Waals surface area (Å²) in [6, 6.07) is 7.41. The summed E-state index contributed by atoms with van der Waals surface area (Å²) in [5.41, 5.74) is 0.915. The molecule has 1 heterocycles. The fourth-order valence-electron chi connectivity index (χ4n) is 1.74. The summed E-state index contributed by atoms with van der Waals surface area (Å²) in [5.74, 6) is -0.817. The summed E-state index contributed by atoms with van der Waals surface area (Å²) in [6.45, 7) is 0. The van der Waals surface area contributed by atoms with Crippen LogP contribution in [0, 0.1) is 5.92 Å². The van der Waals surface area contributed by atoms with Crippen LogP contribution in [0.2, 0.25) is 0 Å². The van der Waals surface area contributed by atoms with Gasteiger partial charge in [-0.2, -0.15) is 0 Å². The number of ether oxygens (including phenoxy) is 2. The van der Waals surface area contributed by atoms with Crippen molar-refractivity contribution in [1.29, 1.82) is 0 Å². The van der Waals surface area contributed by atoms with Crippen molar-refractivity contribution in [2.24, 2.45) is 5.92 Å². The van der Waals surface area contributed by atoms with E-state index in [0.717, 1.165) is 5.56 Å². The van der Waals surface area contributed by atoms with Crippen LogP contribution >= 0.6 is 0 Å². The summed E-state index contributed by atoms with van der Waals surface area (Å²) < 4.78 is 10.5. The predicted octanol–water partition coefficient (Wildman–Crippen LogP) is 1.29. The Bertz CT molecular complexity index is 375. The van der Waals surface area contributed by atoms with Crippen molar-refractivity contribution in [3.05, 3.63) is 29.8 Å². The zero-order valence-electron chi connectivity index (χ0n) is 8.34. The molecule has 1 N–H and O–H groups in total. The summed E-state index contributed by atoms with van der Waals surface area (Å²) in [6.07, 6.45) is -0.248. The molecule has 0 aromatic heterocycles. The maximum Gasteiger partial charge on any atom is 0.313 e. The molecule has 15 heavy (non-hydrogen) atoms. The maximum atomic E-state index is 11.0. The van der Waals surface area contributed by atoms with Gasteiger partial charge in [-0.1, -0.05) is 18.2 Å². The molecule has 0 saturated heterocycles. The highest BCUT2D eigenvalue weighted by Gasteiger charge is 2.35. The predicted molar refractivity (Wildman–Crippen MR) is 52.7 cm³/mol. The molecule has 2 rings (SSSR count).